The predicted molar refractivity (Wildman–Crippen MR) is 61.8 cm³/mol. The summed E-state index contributed by atoms with van der Waals surface area (Å²) in [4.78, 5) is 0. The molecule has 0 spiro atoms. The lowest BCUT2D eigenvalue weighted by molar-refractivity contribution is -0.0297. The van der Waals surface area contributed by atoms with Crippen molar-refractivity contribution in [2.24, 2.45) is 0 Å². The summed E-state index contributed by atoms with van der Waals surface area (Å²) in [5.41, 5.74) is 0. The van der Waals surface area contributed by atoms with Crippen LogP contribution in [-0.2, 0) is 0 Å². The number of fused-ring (bicyclic) bond motifs is 2. The molecule has 5 atom stereocenters. The number of rotatable bonds is 0. The molecule has 3 aliphatic rings. The maximum Gasteiger partial charge on any atom is 0.0708 e. The molecule has 16 heavy (non-hydrogen) atoms. The Kier molecular flexibility index (Phi) is 2.92. The van der Waals surface area contributed by atoms with E-state index < -0.39 is 0 Å². The van der Waals surface area contributed by atoms with Crippen LogP contribution in [0.15, 0.2) is 0 Å². The van der Waals surface area contributed by atoms with Crippen LogP contribution < -0.4 is 5.32 Å². The number of piperazine rings is 1. The molecule has 1 heterocycles. The van der Waals surface area contributed by atoms with Crippen LogP contribution in [-0.4, -0.2) is 40.4 Å². The molecule has 1 saturated heterocycles. The lowest BCUT2D eigenvalue weighted by atomic mass is 9.79. The van der Waals surface area contributed by atoms with Gasteiger partial charge in [0.2, 0.25) is 0 Å². The van der Waals surface area contributed by atoms with Crippen molar-refractivity contribution in [3.63, 3.8) is 0 Å². The summed E-state index contributed by atoms with van der Waals surface area (Å²) in [6.45, 7) is 0. The van der Waals surface area contributed by atoms with Gasteiger partial charge >= 0.3 is 0 Å². The van der Waals surface area contributed by atoms with Crippen LogP contribution in [0.1, 0.15) is 44.9 Å². The predicted octanol–water partition coefficient (Wildman–Crippen LogP) is 0.983. The summed E-state index contributed by atoms with van der Waals surface area (Å²) in [5, 5.41) is 27.2. The zero-order valence-electron chi connectivity index (χ0n) is 9.64. The van der Waals surface area contributed by atoms with Crippen molar-refractivity contribution in [2.75, 3.05) is 0 Å². The SMILES string of the molecule is [O-]N1C2CCCCC2NC2C(O)CCCC21. The molecule has 5 unspecified atom stereocenters. The van der Waals surface area contributed by atoms with E-state index in [-0.39, 0.29) is 24.2 Å². The van der Waals surface area contributed by atoms with E-state index in [0.29, 0.717) is 6.04 Å². The molecule has 3 rings (SSSR count). The van der Waals surface area contributed by atoms with E-state index >= 15 is 0 Å². The largest absolute Gasteiger partial charge is 0.785 e. The third-order valence-electron chi connectivity index (χ3n) is 4.62. The Balaban J connectivity index is 1.79. The lowest BCUT2D eigenvalue weighted by Crippen LogP contribution is -2.70. The molecule has 2 N–H and O–H groups in total. The van der Waals surface area contributed by atoms with Crippen LogP contribution in [0.2, 0.25) is 0 Å². The van der Waals surface area contributed by atoms with Gasteiger partial charge in [-0.2, -0.15) is 0 Å². The molecule has 4 heteroatoms. The molecule has 0 aromatic rings. The summed E-state index contributed by atoms with van der Waals surface area (Å²) in [7, 11) is 0. The minimum Gasteiger partial charge on any atom is -0.785 e. The highest BCUT2D eigenvalue weighted by Gasteiger charge is 2.43. The van der Waals surface area contributed by atoms with E-state index in [1.54, 1.807) is 0 Å². The van der Waals surface area contributed by atoms with Gasteiger partial charge in [0.25, 0.3) is 0 Å². The smallest absolute Gasteiger partial charge is 0.0708 e. The molecule has 1 aliphatic heterocycles. The second-order valence-corrected chi connectivity index (χ2v) is 5.58. The van der Waals surface area contributed by atoms with Crippen LogP contribution >= 0.6 is 0 Å². The number of hydrogen-bond donors (Lipinski definition) is 2. The van der Waals surface area contributed by atoms with Crippen LogP contribution in [0.5, 0.6) is 0 Å². The molecule has 2 aliphatic carbocycles. The van der Waals surface area contributed by atoms with Crippen LogP contribution in [0.3, 0.4) is 0 Å². The quantitative estimate of drug-likeness (QED) is 0.645. The summed E-state index contributed by atoms with van der Waals surface area (Å²) < 4.78 is 0. The molecule has 92 valence electrons. The molecule has 0 bridgehead atoms. The van der Waals surface area contributed by atoms with Gasteiger partial charge in [0.05, 0.1) is 6.10 Å². The van der Waals surface area contributed by atoms with Crippen molar-refractivity contribution >= 4 is 0 Å². The number of hydroxylamine groups is 2. The molecular weight excluding hydrogens is 204 g/mol. The summed E-state index contributed by atoms with van der Waals surface area (Å²) in [6, 6.07) is 0.522. The van der Waals surface area contributed by atoms with Gasteiger partial charge in [-0.15, -0.1) is 0 Å². The van der Waals surface area contributed by atoms with Crippen molar-refractivity contribution in [3.8, 4) is 0 Å². The Morgan fingerprint density at radius 1 is 1.00 bits per heavy atom. The molecule has 0 amide bonds. The third kappa shape index (κ3) is 1.68. The Labute approximate surface area is 96.6 Å². The first kappa shape index (κ1) is 11.0. The lowest BCUT2D eigenvalue weighted by Gasteiger charge is -2.58. The topological polar surface area (TPSA) is 58.6 Å². The Bertz CT molecular complexity index is 261. The number of aliphatic hydroxyl groups excluding tert-OH is 1. The maximum absolute atomic E-state index is 12.3. The van der Waals surface area contributed by atoms with E-state index in [9.17, 15) is 10.3 Å². The van der Waals surface area contributed by atoms with Gasteiger partial charge in [-0.1, -0.05) is 12.8 Å². The van der Waals surface area contributed by atoms with E-state index in [1.807, 2.05) is 0 Å². The zero-order chi connectivity index (χ0) is 11.1. The number of nitrogens with zero attached hydrogens (tertiary/aromatic N) is 1. The van der Waals surface area contributed by atoms with Crippen molar-refractivity contribution in [1.29, 1.82) is 0 Å². The monoisotopic (exact) mass is 225 g/mol. The normalized spacial score (nSPS) is 49.5. The third-order valence-corrected chi connectivity index (χ3v) is 4.62. The fourth-order valence-corrected chi connectivity index (χ4v) is 3.76. The standard InChI is InChI=1S/C12H21N2O2/c15-11-7-3-6-10-12(11)13-8-4-1-2-5-9(8)14(10)16/h8-13,15H,1-7H2/q-1. The summed E-state index contributed by atoms with van der Waals surface area (Å²) >= 11 is 0. The van der Waals surface area contributed by atoms with E-state index in [1.165, 1.54) is 17.9 Å². The summed E-state index contributed by atoms with van der Waals surface area (Å²) in [5.74, 6) is 0. The minimum atomic E-state index is -0.321. The molecular formula is C12H21N2O2-. The maximum atomic E-state index is 12.3. The molecule has 2 saturated carbocycles. The van der Waals surface area contributed by atoms with Gasteiger partial charge in [0.15, 0.2) is 0 Å². The first-order chi connectivity index (χ1) is 7.77. The van der Waals surface area contributed by atoms with Crippen molar-refractivity contribution in [3.05, 3.63) is 5.21 Å². The Hall–Kier alpha value is -0.160. The number of nitrogens with one attached hydrogen (secondary N) is 1. The number of aliphatic hydroxyl groups is 1. The van der Waals surface area contributed by atoms with Crippen molar-refractivity contribution in [1.82, 2.24) is 10.4 Å². The molecule has 0 aromatic carbocycles. The van der Waals surface area contributed by atoms with E-state index in [2.05, 4.69) is 5.32 Å². The van der Waals surface area contributed by atoms with Crippen LogP contribution in [0.25, 0.3) is 0 Å². The van der Waals surface area contributed by atoms with Crippen LogP contribution in [0, 0.1) is 5.21 Å². The number of hydrogen-bond acceptors (Lipinski definition) is 4. The minimum absolute atomic E-state index is 0.0168. The van der Waals surface area contributed by atoms with Crippen molar-refractivity contribution < 1.29 is 5.11 Å². The zero-order valence-corrected chi connectivity index (χ0v) is 9.64. The van der Waals surface area contributed by atoms with Crippen LogP contribution in [0.4, 0.5) is 0 Å². The average Bonchev–Trinajstić information content (AvgIpc) is 2.31. The van der Waals surface area contributed by atoms with Crippen molar-refractivity contribution in [2.45, 2.75) is 75.2 Å². The fourth-order valence-electron chi connectivity index (χ4n) is 3.76. The highest BCUT2D eigenvalue weighted by molar-refractivity contribution is 5.05. The highest BCUT2D eigenvalue weighted by Crippen LogP contribution is 2.34. The van der Waals surface area contributed by atoms with Gasteiger partial charge < -0.3 is 20.7 Å². The van der Waals surface area contributed by atoms with Gasteiger partial charge in [-0.3, -0.25) is 0 Å². The summed E-state index contributed by atoms with van der Waals surface area (Å²) in [6.07, 6.45) is 6.98. The second-order valence-electron chi connectivity index (χ2n) is 5.58. The van der Waals surface area contributed by atoms with Gasteiger partial charge in [0.1, 0.15) is 0 Å². The second kappa shape index (κ2) is 4.26. The van der Waals surface area contributed by atoms with Gasteiger partial charge in [-0.05, 0) is 32.1 Å². The Morgan fingerprint density at radius 2 is 1.75 bits per heavy atom. The van der Waals surface area contributed by atoms with Gasteiger partial charge in [-0.25, -0.2) is 0 Å². The van der Waals surface area contributed by atoms with E-state index in [4.69, 9.17) is 0 Å². The fraction of sp³-hybridized carbons (Fsp3) is 1.00. The first-order valence-electron chi connectivity index (χ1n) is 6.67. The molecule has 0 radical (unpaired) electrons. The van der Waals surface area contributed by atoms with Gasteiger partial charge in [0, 0.05) is 24.2 Å². The molecule has 0 aromatic heterocycles. The Morgan fingerprint density at radius 3 is 2.62 bits per heavy atom. The molecule has 3 fully saturated rings. The van der Waals surface area contributed by atoms with E-state index in [0.717, 1.165) is 32.1 Å². The first-order valence-corrected chi connectivity index (χ1v) is 6.67. The highest BCUT2D eigenvalue weighted by atomic mass is 16.5. The molecule has 4 nitrogen and oxygen atoms in total. The average molecular weight is 225 g/mol.